The van der Waals surface area contributed by atoms with Gasteiger partial charge in [-0.15, -0.1) is 0 Å². The molecular weight excluding hydrogens is 270 g/mol. The fourth-order valence-corrected chi connectivity index (χ4v) is 2.99. The third-order valence-corrected chi connectivity index (χ3v) is 4.21. The summed E-state index contributed by atoms with van der Waals surface area (Å²) >= 11 is 1.67. The van der Waals surface area contributed by atoms with Gasteiger partial charge in [0.2, 0.25) is 0 Å². The van der Waals surface area contributed by atoms with Gasteiger partial charge in [-0.05, 0) is 59.5 Å². The molecule has 1 aromatic carbocycles. The van der Waals surface area contributed by atoms with Crippen LogP contribution in [0, 0.1) is 0 Å². The van der Waals surface area contributed by atoms with Gasteiger partial charge in [0, 0.05) is 18.7 Å². The van der Waals surface area contributed by atoms with Crippen LogP contribution in [0.2, 0.25) is 0 Å². The minimum atomic E-state index is 0.131. The highest BCUT2D eigenvalue weighted by Gasteiger charge is 2.19. The predicted molar refractivity (Wildman–Crippen MR) is 80.2 cm³/mol. The molecule has 0 saturated carbocycles. The Morgan fingerprint density at radius 2 is 1.90 bits per heavy atom. The van der Waals surface area contributed by atoms with Gasteiger partial charge in [-0.2, -0.15) is 11.3 Å². The van der Waals surface area contributed by atoms with Gasteiger partial charge in [0.15, 0.2) is 0 Å². The van der Waals surface area contributed by atoms with E-state index in [0.29, 0.717) is 6.61 Å². The first kappa shape index (κ1) is 13.2. The van der Waals surface area contributed by atoms with Gasteiger partial charge < -0.3 is 9.64 Å². The Balaban J connectivity index is 1.60. The maximum absolute atomic E-state index is 12.2. The largest absolute Gasteiger partial charge is 0.489 e. The molecule has 1 amide bonds. The van der Waals surface area contributed by atoms with Crippen LogP contribution in [0.15, 0.2) is 41.1 Å². The van der Waals surface area contributed by atoms with Crippen molar-refractivity contribution >= 4 is 17.2 Å². The van der Waals surface area contributed by atoms with Crippen molar-refractivity contribution in [3.8, 4) is 5.75 Å². The van der Waals surface area contributed by atoms with Crippen LogP contribution in [0.25, 0.3) is 0 Å². The summed E-state index contributed by atoms with van der Waals surface area (Å²) in [5, 5.41) is 4.11. The lowest BCUT2D eigenvalue weighted by Crippen LogP contribution is -2.27. The molecule has 0 atom stereocenters. The van der Waals surface area contributed by atoms with E-state index in [1.807, 2.05) is 34.5 Å². The maximum atomic E-state index is 12.2. The zero-order valence-corrected chi connectivity index (χ0v) is 12.1. The highest BCUT2D eigenvalue weighted by atomic mass is 32.1. The SMILES string of the molecule is O=C(c1ccc(OCc2ccsc2)cc1)N1CCCC1. The molecule has 3 nitrogen and oxygen atoms in total. The van der Waals surface area contributed by atoms with Crippen LogP contribution in [0.1, 0.15) is 28.8 Å². The van der Waals surface area contributed by atoms with E-state index >= 15 is 0 Å². The normalized spacial score (nSPS) is 14.5. The Hall–Kier alpha value is -1.81. The van der Waals surface area contributed by atoms with Crippen molar-refractivity contribution in [3.63, 3.8) is 0 Å². The Kier molecular flexibility index (Phi) is 4.02. The summed E-state index contributed by atoms with van der Waals surface area (Å²) < 4.78 is 5.69. The summed E-state index contributed by atoms with van der Waals surface area (Å²) in [7, 11) is 0. The molecule has 2 aromatic rings. The lowest BCUT2D eigenvalue weighted by atomic mass is 10.2. The number of likely N-dealkylation sites (tertiary alicyclic amines) is 1. The van der Waals surface area contributed by atoms with Crippen molar-refractivity contribution in [1.29, 1.82) is 0 Å². The Bertz CT molecular complexity index is 557. The average molecular weight is 287 g/mol. The van der Waals surface area contributed by atoms with Crippen LogP contribution < -0.4 is 4.74 Å². The highest BCUT2D eigenvalue weighted by molar-refractivity contribution is 7.07. The number of thiophene rings is 1. The number of amides is 1. The molecule has 1 saturated heterocycles. The van der Waals surface area contributed by atoms with Crippen LogP contribution in [0.4, 0.5) is 0 Å². The predicted octanol–water partition coefficient (Wildman–Crippen LogP) is 3.56. The standard InChI is InChI=1S/C16H17NO2S/c18-16(17-8-1-2-9-17)14-3-5-15(6-4-14)19-11-13-7-10-20-12-13/h3-7,10,12H,1-2,8-9,11H2. The molecule has 0 aliphatic carbocycles. The van der Waals surface area contributed by atoms with Gasteiger partial charge in [-0.25, -0.2) is 0 Å². The Morgan fingerprint density at radius 3 is 2.55 bits per heavy atom. The first-order valence-corrected chi connectivity index (χ1v) is 7.80. The molecule has 1 aliphatic heterocycles. The number of carbonyl (C=O) groups excluding carboxylic acids is 1. The van der Waals surface area contributed by atoms with Crippen LogP contribution in [0.3, 0.4) is 0 Å². The summed E-state index contributed by atoms with van der Waals surface area (Å²) in [5.74, 6) is 0.932. The monoisotopic (exact) mass is 287 g/mol. The van der Waals surface area contributed by atoms with Crippen molar-refractivity contribution in [2.45, 2.75) is 19.4 Å². The van der Waals surface area contributed by atoms with Crippen LogP contribution >= 0.6 is 11.3 Å². The molecule has 0 radical (unpaired) electrons. The van der Waals surface area contributed by atoms with Crippen LogP contribution in [-0.2, 0) is 6.61 Å². The maximum Gasteiger partial charge on any atom is 0.253 e. The van der Waals surface area contributed by atoms with Gasteiger partial charge in [0.1, 0.15) is 12.4 Å². The van der Waals surface area contributed by atoms with E-state index in [1.165, 1.54) is 5.56 Å². The van der Waals surface area contributed by atoms with E-state index in [9.17, 15) is 4.79 Å². The van der Waals surface area contributed by atoms with E-state index in [0.717, 1.165) is 37.2 Å². The molecule has 0 unspecified atom stereocenters. The minimum absolute atomic E-state index is 0.131. The second kappa shape index (κ2) is 6.09. The van der Waals surface area contributed by atoms with E-state index < -0.39 is 0 Å². The quantitative estimate of drug-likeness (QED) is 0.860. The topological polar surface area (TPSA) is 29.5 Å². The van der Waals surface area contributed by atoms with E-state index in [1.54, 1.807) is 11.3 Å². The van der Waals surface area contributed by atoms with E-state index in [-0.39, 0.29) is 5.91 Å². The number of ether oxygens (including phenoxy) is 1. The first-order valence-electron chi connectivity index (χ1n) is 6.86. The minimum Gasteiger partial charge on any atom is -0.489 e. The second-order valence-corrected chi connectivity index (χ2v) is 5.72. The molecule has 1 aromatic heterocycles. The lowest BCUT2D eigenvalue weighted by Gasteiger charge is -2.15. The molecule has 4 heteroatoms. The number of nitrogens with zero attached hydrogens (tertiary/aromatic N) is 1. The summed E-state index contributed by atoms with van der Waals surface area (Å²) in [5.41, 5.74) is 1.92. The van der Waals surface area contributed by atoms with Crippen molar-refractivity contribution in [1.82, 2.24) is 4.90 Å². The molecule has 0 N–H and O–H groups in total. The number of benzene rings is 1. The summed E-state index contributed by atoms with van der Waals surface area (Å²) in [4.78, 5) is 14.1. The smallest absolute Gasteiger partial charge is 0.253 e. The first-order chi connectivity index (χ1) is 9.83. The number of hydrogen-bond acceptors (Lipinski definition) is 3. The number of rotatable bonds is 4. The van der Waals surface area contributed by atoms with Crippen molar-refractivity contribution in [2.24, 2.45) is 0 Å². The third kappa shape index (κ3) is 3.02. The Morgan fingerprint density at radius 1 is 1.15 bits per heavy atom. The molecule has 0 spiro atoms. The summed E-state index contributed by atoms with van der Waals surface area (Å²) in [6.45, 7) is 2.34. The zero-order chi connectivity index (χ0) is 13.8. The van der Waals surface area contributed by atoms with Gasteiger partial charge in [-0.1, -0.05) is 0 Å². The van der Waals surface area contributed by atoms with E-state index in [2.05, 4.69) is 11.4 Å². The molecule has 0 bridgehead atoms. The van der Waals surface area contributed by atoms with E-state index in [4.69, 9.17) is 4.74 Å². The van der Waals surface area contributed by atoms with Gasteiger partial charge in [-0.3, -0.25) is 4.79 Å². The van der Waals surface area contributed by atoms with Gasteiger partial charge in [0.05, 0.1) is 0 Å². The van der Waals surface area contributed by atoms with Gasteiger partial charge in [0.25, 0.3) is 5.91 Å². The lowest BCUT2D eigenvalue weighted by molar-refractivity contribution is 0.0793. The molecule has 2 heterocycles. The molecular formula is C16H17NO2S. The second-order valence-electron chi connectivity index (χ2n) is 4.94. The van der Waals surface area contributed by atoms with Crippen molar-refractivity contribution in [3.05, 3.63) is 52.2 Å². The molecule has 20 heavy (non-hydrogen) atoms. The average Bonchev–Trinajstić information content (AvgIpc) is 3.18. The van der Waals surface area contributed by atoms with Crippen LogP contribution in [0.5, 0.6) is 5.75 Å². The van der Waals surface area contributed by atoms with Gasteiger partial charge >= 0.3 is 0 Å². The number of hydrogen-bond donors (Lipinski definition) is 0. The molecule has 1 aliphatic rings. The fraction of sp³-hybridized carbons (Fsp3) is 0.312. The number of carbonyl (C=O) groups is 1. The third-order valence-electron chi connectivity index (χ3n) is 3.48. The Labute approximate surface area is 122 Å². The molecule has 1 fully saturated rings. The molecule has 104 valence electrons. The fourth-order valence-electron chi connectivity index (χ4n) is 2.34. The van der Waals surface area contributed by atoms with Crippen molar-refractivity contribution in [2.75, 3.05) is 13.1 Å². The van der Waals surface area contributed by atoms with Crippen LogP contribution in [-0.4, -0.2) is 23.9 Å². The zero-order valence-electron chi connectivity index (χ0n) is 11.2. The summed E-state index contributed by atoms with van der Waals surface area (Å²) in [6, 6.07) is 9.49. The summed E-state index contributed by atoms with van der Waals surface area (Å²) in [6.07, 6.45) is 2.24. The van der Waals surface area contributed by atoms with Crippen molar-refractivity contribution < 1.29 is 9.53 Å². The highest BCUT2D eigenvalue weighted by Crippen LogP contribution is 2.18. The molecule has 3 rings (SSSR count).